The van der Waals surface area contributed by atoms with Crippen molar-refractivity contribution in [3.8, 4) is 17.2 Å². The van der Waals surface area contributed by atoms with Crippen molar-refractivity contribution in [3.05, 3.63) is 95.1 Å². The molecule has 4 aromatic rings. The normalized spacial score (nSPS) is 18.0. The average Bonchev–Trinajstić information content (AvgIpc) is 3.34. The zero-order valence-corrected chi connectivity index (χ0v) is 20.4. The summed E-state index contributed by atoms with van der Waals surface area (Å²) < 4.78 is 19.4. The second kappa shape index (κ2) is 8.70. The van der Waals surface area contributed by atoms with Crippen LogP contribution in [0.3, 0.4) is 0 Å². The molecule has 3 heterocycles. The molecule has 2 aliphatic rings. The van der Waals surface area contributed by atoms with Gasteiger partial charge in [0.2, 0.25) is 11.1 Å². The Hall–Kier alpha value is -3.91. The molecule has 0 unspecified atom stereocenters. The molecule has 1 aromatic heterocycles. The lowest BCUT2D eigenvalue weighted by molar-refractivity contribution is 0.222. The zero-order valence-electron chi connectivity index (χ0n) is 19.6. The largest absolute Gasteiger partial charge is 0.497 e. The molecule has 0 bridgehead atoms. The molecule has 0 saturated carbocycles. The molecule has 1 N–H and O–H groups in total. The third-order valence-electron chi connectivity index (χ3n) is 6.39. The van der Waals surface area contributed by atoms with Crippen LogP contribution in [-0.2, 0) is 0 Å². The number of thioether (sulfide) groups is 1. The van der Waals surface area contributed by atoms with Crippen LogP contribution in [0.5, 0.6) is 17.2 Å². The molecule has 3 aromatic carbocycles. The number of rotatable bonds is 5. The van der Waals surface area contributed by atoms with Gasteiger partial charge < -0.3 is 19.5 Å². The Morgan fingerprint density at radius 3 is 2.20 bits per heavy atom. The van der Waals surface area contributed by atoms with Gasteiger partial charge in [0.1, 0.15) is 29.4 Å². The molecule has 2 atom stereocenters. The van der Waals surface area contributed by atoms with Gasteiger partial charge in [0, 0.05) is 11.1 Å². The van der Waals surface area contributed by atoms with E-state index in [9.17, 15) is 0 Å². The number of benzene rings is 3. The third-order valence-corrected chi connectivity index (χ3v) is 6.93. The fraction of sp³-hybridized carbons (Fsp3) is 0.185. The maximum Gasteiger partial charge on any atom is 0.227 e. The number of aromatic nitrogens is 3. The molecule has 8 heteroatoms. The minimum atomic E-state index is -0.333. The minimum Gasteiger partial charge on any atom is -0.497 e. The summed E-state index contributed by atoms with van der Waals surface area (Å²) in [6.45, 7) is 0. The summed E-state index contributed by atoms with van der Waals surface area (Å²) in [6, 6.07) is 24.0. The lowest BCUT2D eigenvalue weighted by atomic mass is 9.84. The van der Waals surface area contributed by atoms with E-state index in [4.69, 9.17) is 24.3 Å². The highest BCUT2D eigenvalue weighted by molar-refractivity contribution is 7.98. The molecule has 0 spiro atoms. The van der Waals surface area contributed by atoms with Crippen molar-refractivity contribution in [2.75, 3.05) is 25.8 Å². The average molecular weight is 485 g/mol. The van der Waals surface area contributed by atoms with Crippen molar-refractivity contribution >= 4 is 23.4 Å². The fourth-order valence-electron chi connectivity index (χ4n) is 4.70. The highest BCUT2D eigenvalue weighted by Gasteiger charge is 2.41. The number of fused-ring (bicyclic) bond motifs is 3. The van der Waals surface area contributed by atoms with E-state index in [1.165, 1.54) is 11.8 Å². The molecular formula is C27H24N4O3S. The van der Waals surface area contributed by atoms with Crippen molar-refractivity contribution in [2.45, 2.75) is 17.3 Å². The molecule has 35 heavy (non-hydrogen) atoms. The van der Waals surface area contributed by atoms with Gasteiger partial charge in [-0.1, -0.05) is 48.2 Å². The Balaban J connectivity index is 1.59. The lowest BCUT2D eigenvalue weighted by Gasteiger charge is -2.39. The van der Waals surface area contributed by atoms with E-state index in [0.29, 0.717) is 11.1 Å². The number of hydrogen-bond donors (Lipinski definition) is 1. The smallest absolute Gasteiger partial charge is 0.227 e. The van der Waals surface area contributed by atoms with Gasteiger partial charge in [-0.25, -0.2) is 4.68 Å². The molecule has 0 aliphatic carbocycles. The Morgan fingerprint density at radius 1 is 0.886 bits per heavy atom. The van der Waals surface area contributed by atoms with Crippen LogP contribution < -0.4 is 19.5 Å². The summed E-state index contributed by atoms with van der Waals surface area (Å²) in [5.74, 6) is 3.14. The number of anilines is 1. The van der Waals surface area contributed by atoms with E-state index in [2.05, 4.69) is 35.6 Å². The van der Waals surface area contributed by atoms with Gasteiger partial charge in [-0.3, -0.25) is 0 Å². The van der Waals surface area contributed by atoms with E-state index >= 15 is 0 Å². The first-order valence-electron chi connectivity index (χ1n) is 11.3. The molecule has 0 amide bonds. The summed E-state index contributed by atoms with van der Waals surface area (Å²) in [6.07, 6.45) is 1.65. The standard InChI is InChI=1S/C27H24N4O3S/c1-32-18-12-8-16(9-13-18)24-22-23(28-26-29-27(35-3)30-31(24)26)20-6-4-5-7-21(20)34-25(22)17-10-14-19(33-2)15-11-17/h4-15,24-25H,1-3H3,(H,28,29,30)/t24-,25+/m1/s1. The van der Waals surface area contributed by atoms with E-state index in [1.807, 2.05) is 53.4 Å². The van der Waals surface area contributed by atoms with E-state index in [0.717, 1.165) is 45.2 Å². The zero-order chi connectivity index (χ0) is 23.9. The molecule has 2 aliphatic heterocycles. The molecule has 7 nitrogen and oxygen atoms in total. The van der Waals surface area contributed by atoms with Crippen LogP contribution >= 0.6 is 11.8 Å². The first-order valence-corrected chi connectivity index (χ1v) is 12.5. The van der Waals surface area contributed by atoms with E-state index < -0.39 is 0 Å². The van der Waals surface area contributed by atoms with E-state index in [-0.39, 0.29) is 12.1 Å². The van der Waals surface area contributed by atoms with Gasteiger partial charge in [-0.05, 0) is 53.8 Å². The Labute approximate surface area is 207 Å². The van der Waals surface area contributed by atoms with Gasteiger partial charge in [0.15, 0.2) is 0 Å². The van der Waals surface area contributed by atoms with Crippen LogP contribution in [0, 0.1) is 0 Å². The van der Waals surface area contributed by atoms with E-state index in [1.54, 1.807) is 14.2 Å². The van der Waals surface area contributed by atoms with Crippen molar-refractivity contribution in [2.24, 2.45) is 0 Å². The van der Waals surface area contributed by atoms with Crippen LogP contribution in [0.4, 0.5) is 5.95 Å². The topological polar surface area (TPSA) is 70.4 Å². The van der Waals surface area contributed by atoms with Crippen LogP contribution in [0.15, 0.2) is 83.5 Å². The number of ether oxygens (including phenoxy) is 3. The number of para-hydroxylation sites is 1. The first-order chi connectivity index (χ1) is 17.2. The van der Waals surface area contributed by atoms with Crippen molar-refractivity contribution < 1.29 is 14.2 Å². The number of nitrogens with one attached hydrogen (secondary N) is 1. The quantitative estimate of drug-likeness (QED) is 0.371. The summed E-state index contributed by atoms with van der Waals surface area (Å²) in [5, 5.41) is 9.13. The molecule has 0 radical (unpaired) electrons. The van der Waals surface area contributed by atoms with Gasteiger partial charge in [0.05, 0.1) is 19.9 Å². The molecule has 176 valence electrons. The van der Waals surface area contributed by atoms with Crippen molar-refractivity contribution in [1.82, 2.24) is 14.8 Å². The Bertz CT molecular complexity index is 1410. The van der Waals surface area contributed by atoms with Crippen molar-refractivity contribution in [1.29, 1.82) is 0 Å². The van der Waals surface area contributed by atoms with Gasteiger partial charge in [-0.2, -0.15) is 4.98 Å². The number of nitrogens with zero attached hydrogens (tertiary/aromatic N) is 3. The second-order valence-electron chi connectivity index (χ2n) is 8.26. The molecule has 6 rings (SSSR count). The van der Waals surface area contributed by atoms with Crippen LogP contribution in [-0.4, -0.2) is 35.2 Å². The second-order valence-corrected chi connectivity index (χ2v) is 9.04. The summed E-state index contributed by atoms with van der Waals surface area (Å²) in [4.78, 5) is 4.75. The van der Waals surface area contributed by atoms with Crippen LogP contribution in [0.25, 0.3) is 5.70 Å². The Kier molecular flexibility index (Phi) is 5.37. The minimum absolute atomic E-state index is 0.221. The van der Waals surface area contributed by atoms with Gasteiger partial charge in [-0.15, -0.1) is 5.10 Å². The maximum absolute atomic E-state index is 6.68. The van der Waals surface area contributed by atoms with Gasteiger partial charge >= 0.3 is 0 Å². The lowest BCUT2D eigenvalue weighted by Crippen LogP contribution is -2.32. The third kappa shape index (κ3) is 3.61. The van der Waals surface area contributed by atoms with Crippen LogP contribution in [0.1, 0.15) is 28.8 Å². The van der Waals surface area contributed by atoms with Crippen LogP contribution in [0.2, 0.25) is 0 Å². The molecule has 0 saturated heterocycles. The molecule has 0 fully saturated rings. The fourth-order valence-corrected chi connectivity index (χ4v) is 5.05. The number of methoxy groups -OCH3 is 2. The summed E-state index contributed by atoms with van der Waals surface area (Å²) in [5.41, 5.74) is 5.18. The highest BCUT2D eigenvalue weighted by atomic mass is 32.2. The summed E-state index contributed by atoms with van der Waals surface area (Å²) >= 11 is 1.52. The Morgan fingerprint density at radius 2 is 1.54 bits per heavy atom. The van der Waals surface area contributed by atoms with Crippen molar-refractivity contribution in [3.63, 3.8) is 0 Å². The predicted octanol–water partition coefficient (Wildman–Crippen LogP) is 5.58. The summed E-state index contributed by atoms with van der Waals surface area (Å²) in [7, 11) is 3.34. The monoisotopic (exact) mass is 484 g/mol. The maximum atomic E-state index is 6.68. The molecular weight excluding hydrogens is 460 g/mol. The highest BCUT2D eigenvalue weighted by Crippen LogP contribution is 2.51. The SMILES string of the molecule is COc1ccc([C@@H]2Oc3ccccc3C3=C2[C@@H](c2ccc(OC)cc2)n2nc(SC)nc2N3)cc1. The predicted molar refractivity (Wildman–Crippen MR) is 136 cm³/mol. The number of hydrogen-bond acceptors (Lipinski definition) is 7. The van der Waals surface area contributed by atoms with Gasteiger partial charge in [0.25, 0.3) is 0 Å². The first kappa shape index (κ1) is 21.6.